The van der Waals surface area contributed by atoms with Gasteiger partial charge in [-0.3, -0.25) is 4.79 Å². The van der Waals surface area contributed by atoms with E-state index < -0.39 is 5.91 Å². The summed E-state index contributed by atoms with van der Waals surface area (Å²) in [7, 11) is 0. The molecule has 0 radical (unpaired) electrons. The fourth-order valence-corrected chi connectivity index (χ4v) is 2.41. The lowest BCUT2D eigenvalue weighted by Crippen LogP contribution is -2.14. The third-order valence-corrected chi connectivity index (χ3v) is 3.81. The van der Waals surface area contributed by atoms with Crippen LogP contribution in [0.2, 0.25) is 5.02 Å². The number of aryl methyl sites for hydroxylation is 3. The predicted octanol–water partition coefficient (Wildman–Crippen LogP) is 4.72. The molecule has 0 atom stereocenters. The third kappa shape index (κ3) is 4.61. The van der Waals surface area contributed by atoms with Crippen LogP contribution in [-0.2, 0) is 4.79 Å². The average Bonchev–Trinajstić information content (AvgIpc) is 2.50. The van der Waals surface area contributed by atoms with E-state index in [0.29, 0.717) is 10.7 Å². The number of amides is 1. The van der Waals surface area contributed by atoms with Crippen LogP contribution in [0, 0.1) is 32.1 Å². The van der Waals surface area contributed by atoms with Gasteiger partial charge in [0.05, 0.1) is 0 Å². The first-order chi connectivity index (χ1) is 11.4. The molecule has 1 amide bonds. The van der Waals surface area contributed by atoms with Gasteiger partial charge < -0.3 is 10.6 Å². The lowest BCUT2D eigenvalue weighted by molar-refractivity contribution is -0.112. The monoisotopic (exact) mass is 339 g/mol. The highest BCUT2D eigenvalue weighted by molar-refractivity contribution is 6.31. The Balaban J connectivity index is 2.13. The van der Waals surface area contributed by atoms with Gasteiger partial charge in [-0.25, -0.2) is 0 Å². The van der Waals surface area contributed by atoms with E-state index >= 15 is 0 Å². The van der Waals surface area contributed by atoms with E-state index in [1.807, 2.05) is 51.1 Å². The number of benzene rings is 2. The number of halogens is 1. The maximum atomic E-state index is 12.2. The van der Waals surface area contributed by atoms with Crippen molar-refractivity contribution in [3.8, 4) is 6.07 Å². The summed E-state index contributed by atoms with van der Waals surface area (Å²) in [5, 5.41) is 15.4. The summed E-state index contributed by atoms with van der Waals surface area (Å²) in [5.74, 6) is -0.491. The van der Waals surface area contributed by atoms with Crippen molar-refractivity contribution < 1.29 is 4.79 Å². The van der Waals surface area contributed by atoms with Gasteiger partial charge in [0.1, 0.15) is 11.6 Å². The zero-order chi connectivity index (χ0) is 17.7. The number of nitriles is 1. The Hall–Kier alpha value is -2.77. The second-order valence-electron chi connectivity index (χ2n) is 5.61. The topological polar surface area (TPSA) is 64.9 Å². The van der Waals surface area contributed by atoms with E-state index in [-0.39, 0.29) is 5.57 Å². The van der Waals surface area contributed by atoms with Crippen molar-refractivity contribution in [3.63, 3.8) is 0 Å². The lowest BCUT2D eigenvalue weighted by Gasteiger charge is -2.07. The van der Waals surface area contributed by atoms with Crippen LogP contribution in [0.3, 0.4) is 0 Å². The number of nitrogens with zero attached hydrogens (tertiary/aromatic N) is 1. The number of anilines is 2. The van der Waals surface area contributed by atoms with Crippen LogP contribution in [0.15, 0.2) is 48.2 Å². The molecule has 2 aromatic carbocycles. The Morgan fingerprint density at radius 3 is 2.33 bits per heavy atom. The van der Waals surface area contributed by atoms with Crippen LogP contribution in [0.4, 0.5) is 11.4 Å². The molecule has 0 unspecified atom stereocenters. The molecule has 0 bridgehead atoms. The summed E-state index contributed by atoms with van der Waals surface area (Å²) in [6.07, 6.45) is 1.40. The van der Waals surface area contributed by atoms with E-state index in [0.717, 1.165) is 22.4 Å². The molecule has 122 valence electrons. The minimum absolute atomic E-state index is 0.0224. The van der Waals surface area contributed by atoms with E-state index in [1.54, 1.807) is 12.1 Å². The van der Waals surface area contributed by atoms with Gasteiger partial charge in [0, 0.05) is 22.6 Å². The fourth-order valence-electron chi connectivity index (χ4n) is 2.23. The van der Waals surface area contributed by atoms with Crippen LogP contribution in [0.25, 0.3) is 0 Å². The van der Waals surface area contributed by atoms with Crippen molar-refractivity contribution >= 4 is 28.9 Å². The Morgan fingerprint density at radius 1 is 1.08 bits per heavy atom. The van der Waals surface area contributed by atoms with Gasteiger partial charge in [0.25, 0.3) is 5.91 Å². The minimum atomic E-state index is -0.491. The van der Waals surface area contributed by atoms with Crippen molar-refractivity contribution in [3.05, 3.63) is 69.9 Å². The standard InChI is InChI=1S/C19H18ClN3O/c1-12-6-13(2)8-17(7-12)22-11-15(10-21)19(24)23-16-5-4-14(3)18(20)9-16/h4-9,11,22H,1-3H3,(H,23,24)/b15-11-. The minimum Gasteiger partial charge on any atom is -0.360 e. The number of carbonyl (C=O) groups is 1. The molecule has 5 heteroatoms. The number of hydrogen-bond acceptors (Lipinski definition) is 3. The number of carbonyl (C=O) groups excluding carboxylic acids is 1. The Bertz CT molecular complexity index is 830. The SMILES string of the molecule is Cc1cc(C)cc(N/C=C(/C#N)C(=O)Nc2ccc(C)c(Cl)c2)c1. The highest BCUT2D eigenvalue weighted by Crippen LogP contribution is 2.20. The first-order valence-corrected chi connectivity index (χ1v) is 7.79. The average molecular weight is 340 g/mol. The van der Waals surface area contributed by atoms with Crippen molar-refractivity contribution in [2.75, 3.05) is 10.6 Å². The van der Waals surface area contributed by atoms with Crippen molar-refractivity contribution in [1.29, 1.82) is 5.26 Å². The Morgan fingerprint density at radius 2 is 1.75 bits per heavy atom. The van der Waals surface area contributed by atoms with E-state index in [4.69, 9.17) is 11.6 Å². The molecule has 4 nitrogen and oxygen atoms in total. The fraction of sp³-hybridized carbons (Fsp3) is 0.158. The summed E-state index contributed by atoms with van der Waals surface area (Å²) in [5.41, 5.74) is 4.47. The van der Waals surface area contributed by atoms with Crippen LogP contribution < -0.4 is 10.6 Å². The van der Waals surface area contributed by atoms with Crippen molar-refractivity contribution in [2.24, 2.45) is 0 Å². The number of hydrogen-bond donors (Lipinski definition) is 2. The van der Waals surface area contributed by atoms with Gasteiger partial charge >= 0.3 is 0 Å². The van der Waals surface area contributed by atoms with Crippen LogP contribution in [0.5, 0.6) is 0 Å². The maximum absolute atomic E-state index is 12.2. The van der Waals surface area contributed by atoms with E-state index in [2.05, 4.69) is 10.6 Å². The van der Waals surface area contributed by atoms with Gasteiger partial charge in [-0.2, -0.15) is 5.26 Å². The second-order valence-corrected chi connectivity index (χ2v) is 6.02. The van der Waals surface area contributed by atoms with Gasteiger partial charge in [-0.1, -0.05) is 23.7 Å². The number of nitrogens with one attached hydrogen (secondary N) is 2. The molecular formula is C19H18ClN3O. The molecule has 0 aliphatic rings. The first kappa shape index (κ1) is 17.6. The molecular weight excluding hydrogens is 322 g/mol. The summed E-state index contributed by atoms with van der Waals surface area (Å²) in [6.45, 7) is 5.85. The Kier molecular flexibility index (Phi) is 5.62. The molecule has 0 heterocycles. The summed E-state index contributed by atoms with van der Waals surface area (Å²) in [4.78, 5) is 12.2. The van der Waals surface area contributed by atoms with E-state index in [9.17, 15) is 10.1 Å². The summed E-state index contributed by atoms with van der Waals surface area (Å²) >= 11 is 6.04. The van der Waals surface area contributed by atoms with Crippen LogP contribution >= 0.6 is 11.6 Å². The summed E-state index contributed by atoms with van der Waals surface area (Å²) < 4.78 is 0. The molecule has 0 fully saturated rings. The zero-order valence-corrected chi connectivity index (χ0v) is 14.5. The molecule has 0 aliphatic carbocycles. The molecule has 24 heavy (non-hydrogen) atoms. The Labute approximate surface area is 146 Å². The molecule has 0 saturated carbocycles. The first-order valence-electron chi connectivity index (χ1n) is 7.41. The smallest absolute Gasteiger partial charge is 0.267 e. The van der Waals surface area contributed by atoms with Gasteiger partial charge in [0.2, 0.25) is 0 Å². The number of rotatable bonds is 4. The van der Waals surface area contributed by atoms with Gasteiger partial charge in [-0.05, 0) is 61.7 Å². The molecule has 0 spiro atoms. The van der Waals surface area contributed by atoms with Crippen molar-refractivity contribution in [2.45, 2.75) is 20.8 Å². The maximum Gasteiger partial charge on any atom is 0.267 e. The largest absolute Gasteiger partial charge is 0.360 e. The highest BCUT2D eigenvalue weighted by Gasteiger charge is 2.10. The lowest BCUT2D eigenvalue weighted by atomic mass is 10.1. The molecule has 0 aliphatic heterocycles. The van der Waals surface area contributed by atoms with E-state index in [1.165, 1.54) is 6.20 Å². The van der Waals surface area contributed by atoms with Crippen LogP contribution in [-0.4, -0.2) is 5.91 Å². The normalized spacial score (nSPS) is 10.9. The van der Waals surface area contributed by atoms with Gasteiger partial charge in [0.15, 0.2) is 0 Å². The highest BCUT2D eigenvalue weighted by atomic mass is 35.5. The summed E-state index contributed by atoms with van der Waals surface area (Å²) in [6, 6.07) is 13.0. The molecule has 2 rings (SSSR count). The second kappa shape index (κ2) is 7.67. The quantitative estimate of drug-likeness (QED) is 0.625. The van der Waals surface area contributed by atoms with Crippen molar-refractivity contribution in [1.82, 2.24) is 0 Å². The molecule has 0 saturated heterocycles. The molecule has 2 aromatic rings. The third-order valence-electron chi connectivity index (χ3n) is 3.40. The predicted molar refractivity (Wildman–Crippen MR) is 98.1 cm³/mol. The molecule has 0 aromatic heterocycles. The zero-order valence-electron chi connectivity index (χ0n) is 13.8. The van der Waals surface area contributed by atoms with Gasteiger partial charge in [-0.15, -0.1) is 0 Å². The molecule has 2 N–H and O–H groups in total. The van der Waals surface area contributed by atoms with Crippen LogP contribution in [0.1, 0.15) is 16.7 Å².